The molecule has 0 fully saturated rings. The second kappa shape index (κ2) is 9.00. The van der Waals surface area contributed by atoms with Crippen LogP contribution in [0, 0.1) is 10.1 Å². The van der Waals surface area contributed by atoms with Crippen LogP contribution in [0.25, 0.3) is 0 Å². The Bertz CT molecular complexity index is 884. The van der Waals surface area contributed by atoms with Crippen molar-refractivity contribution in [2.75, 3.05) is 18.5 Å². The topological polar surface area (TPSA) is 108 Å². The molecule has 0 atom stereocenters. The summed E-state index contributed by atoms with van der Waals surface area (Å²) in [6.07, 6.45) is 0. The number of non-ortho nitro benzene ring substituents is 1. The van der Waals surface area contributed by atoms with Gasteiger partial charge in [-0.15, -0.1) is 0 Å². The van der Waals surface area contributed by atoms with Crippen molar-refractivity contribution in [1.29, 1.82) is 0 Å². The summed E-state index contributed by atoms with van der Waals surface area (Å²) in [6.45, 7) is 3.59. The quantitative estimate of drug-likeness (QED) is 0.424. The maximum atomic E-state index is 12.2. The number of hydrogen-bond donors (Lipinski definition) is 1. The van der Waals surface area contributed by atoms with Crippen LogP contribution in [0.2, 0.25) is 5.02 Å². The summed E-state index contributed by atoms with van der Waals surface area (Å²) in [7, 11) is 0. The zero-order chi connectivity index (χ0) is 20.0. The van der Waals surface area contributed by atoms with Crippen molar-refractivity contribution >= 4 is 40.6 Å². The molecule has 27 heavy (non-hydrogen) atoms. The first-order valence-corrected chi connectivity index (χ1v) is 8.44. The number of nitro benzene ring substituents is 1. The van der Waals surface area contributed by atoms with E-state index in [9.17, 15) is 19.7 Å². The molecule has 0 aliphatic rings. The van der Waals surface area contributed by atoms with E-state index in [4.69, 9.17) is 21.1 Å². The van der Waals surface area contributed by atoms with Crippen LogP contribution in [0.15, 0.2) is 36.4 Å². The van der Waals surface area contributed by atoms with Crippen LogP contribution in [0.3, 0.4) is 0 Å². The number of nitro groups is 1. The first kappa shape index (κ1) is 20.2. The molecular formula is C18H17ClN2O6. The summed E-state index contributed by atoms with van der Waals surface area (Å²) >= 11 is 6.01. The number of hydrogen-bond acceptors (Lipinski definition) is 7. The molecule has 0 spiro atoms. The molecule has 8 nitrogen and oxygen atoms in total. The number of esters is 2. The van der Waals surface area contributed by atoms with Gasteiger partial charge >= 0.3 is 11.9 Å². The summed E-state index contributed by atoms with van der Waals surface area (Å²) in [4.78, 5) is 34.8. The Morgan fingerprint density at radius 2 is 1.63 bits per heavy atom. The van der Waals surface area contributed by atoms with E-state index in [2.05, 4.69) is 5.32 Å². The number of nitrogens with one attached hydrogen (secondary N) is 1. The predicted octanol–water partition coefficient (Wildman–Crippen LogP) is 4.35. The van der Waals surface area contributed by atoms with Crippen LogP contribution in [0.4, 0.5) is 17.1 Å². The Balaban J connectivity index is 2.50. The number of benzene rings is 2. The van der Waals surface area contributed by atoms with Gasteiger partial charge in [-0.25, -0.2) is 9.59 Å². The number of anilines is 2. The highest BCUT2D eigenvalue weighted by atomic mass is 35.5. The van der Waals surface area contributed by atoms with Crippen molar-refractivity contribution in [3.63, 3.8) is 0 Å². The van der Waals surface area contributed by atoms with Crippen LogP contribution in [-0.2, 0) is 9.47 Å². The van der Waals surface area contributed by atoms with Gasteiger partial charge in [0.25, 0.3) is 5.69 Å². The van der Waals surface area contributed by atoms with Crippen molar-refractivity contribution in [3.8, 4) is 0 Å². The van der Waals surface area contributed by atoms with Gasteiger partial charge in [-0.1, -0.05) is 11.6 Å². The molecule has 0 bridgehead atoms. The number of nitrogens with zero attached hydrogens (tertiary/aromatic N) is 1. The molecule has 0 saturated heterocycles. The standard InChI is InChI=1S/C18H17ClN2O6/c1-3-26-17(22)13-7-5-11(19)9-16(13)20-15-8-6-12(21(24)25)10-14(15)18(23)27-4-2/h5-10,20H,3-4H2,1-2H3. The van der Waals surface area contributed by atoms with Gasteiger partial charge < -0.3 is 14.8 Å². The van der Waals surface area contributed by atoms with E-state index in [-0.39, 0.29) is 35.7 Å². The monoisotopic (exact) mass is 392 g/mol. The Morgan fingerprint density at radius 3 is 2.22 bits per heavy atom. The summed E-state index contributed by atoms with van der Waals surface area (Å²) < 4.78 is 9.97. The normalized spacial score (nSPS) is 10.2. The smallest absolute Gasteiger partial charge is 0.340 e. The third-order valence-corrected chi connectivity index (χ3v) is 3.69. The molecule has 0 radical (unpaired) electrons. The number of halogens is 1. The lowest BCUT2D eigenvalue weighted by atomic mass is 10.1. The Hall–Kier alpha value is -3.13. The second-order valence-electron chi connectivity index (χ2n) is 5.24. The SMILES string of the molecule is CCOC(=O)c1ccc(Cl)cc1Nc1ccc([N+](=O)[O-])cc1C(=O)OCC. The van der Waals surface area contributed by atoms with E-state index in [1.807, 2.05) is 0 Å². The minimum Gasteiger partial charge on any atom is -0.462 e. The maximum absolute atomic E-state index is 12.2. The molecule has 0 aliphatic heterocycles. The Kier molecular flexibility index (Phi) is 6.73. The molecule has 9 heteroatoms. The van der Waals surface area contributed by atoms with Crippen molar-refractivity contribution in [3.05, 3.63) is 62.7 Å². The fourth-order valence-electron chi connectivity index (χ4n) is 2.28. The number of carbonyl (C=O) groups excluding carboxylic acids is 2. The first-order valence-electron chi connectivity index (χ1n) is 8.06. The zero-order valence-electron chi connectivity index (χ0n) is 14.7. The van der Waals surface area contributed by atoms with Crippen LogP contribution in [0.1, 0.15) is 34.6 Å². The fraction of sp³-hybridized carbons (Fsp3) is 0.222. The molecule has 142 valence electrons. The van der Waals surface area contributed by atoms with Gasteiger partial charge in [0.2, 0.25) is 0 Å². The van der Waals surface area contributed by atoms with E-state index in [0.717, 1.165) is 6.07 Å². The third-order valence-electron chi connectivity index (χ3n) is 3.46. The van der Waals surface area contributed by atoms with E-state index < -0.39 is 16.9 Å². The molecular weight excluding hydrogens is 376 g/mol. The highest BCUT2D eigenvalue weighted by Crippen LogP contribution is 2.30. The van der Waals surface area contributed by atoms with Crippen molar-refractivity contribution < 1.29 is 24.0 Å². The molecule has 2 rings (SSSR count). The van der Waals surface area contributed by atoms with Gasteiger partial charge in [-0.2, -0.15) is 0 Å². The predicted molar refractivity (Wildman–Crippen MR) is 99.7 cm³/mol. The average molecular weight is 393 g/mol. The minimum absolute atomic E-state index is 0.0409. The van der Waals surface area contributed by atoms with Crippen LogP contribution in [0.5, 0.6) is 0 Å². The van der Waals surface area contributed by atoms with Crippen molar-refractivity contribution in [2.24, 2.45) is 0 Å². The third kappa shape index (κ3) is 4.95. The van der Waals surface area contributed by atoms with Gasteiger partial charge in [-0.3, -0.25) is 10.1 Å². The lowest BCUT2D eigenvalue weighted by molar-refractivity contribution is -0.384. The molecule has 0 heterocycles. The minimum atomic E-state index is -0.733. The molecule has 2 aromatic carbocycles. The van der Waals surface area contributed by atoms with Gasteiger partial charge in [0.15, 0.2) is 0 Å². The molecule has 0 aliphatic carbocycles. The van der Waals surface area contributed by atoms with Gasteiger partial charge in [-0.05, 0) is 38.1 Å². The van der Waals surface area contributed by atoms with Crippen LogP contribution < -0.4 is 5.32 Å². The second-order valence-corrected chi connectivity index (χ2v) is 5.68. The molecule has 2 aromatic rings. The summed E-state index contributed by atoms with van der Waals surface area (Å²) in [5, 5.41) is 14.3. The lowest BCUT2D eigenvalue weighted by Gasteiger charge is -2.14. The molecule has 0 aromatic heterocycles. The summed E-state index contributed by atoms with van der Waals surface area (Å²) in [5.74, 6) is -1.31. The van der Waals surface area contributed by atoms with Crippen molar-refractivity contribution in [1.82, 2.24) is 0 Å². The fourth-order valence-corrected chi connectivity index (χ4v) is 2.46. The van der Waals surface area contributed by atoms with Crippen LogP contribution >= 0.6 is 11.6 Å². The average Bonchev–Trinajstić information content (AvgIpc) is 2.62. The Labute approximate surface area is 160 Å². The highest BCUT2D eigenvalue weighted by Gasteiger charge is 2.20. The summed E-state index contributed by atoms with van der Waals surface area (Å²) in [5.41, 5.74) is 0.419. The Morgan fingerprint density at radius 1 is 1.00 bits per heavy atom. The van der Waals surface area contributed by atoms with E-state index in [1.165, 1.54) is 30.3 Å². The number of rotatable bonds is 7. The molecule has 0 amide bonds. The molecule has 0 unspecified atom stereocenters. The van der Waals surface area contributed by atoms with Gasteiger partial charge in [0.05, 0.1) is 40.6 Å². The van der Waals surface area contributed by atoms with E-state index >= 15 is 0 Å². The lowest BCUT2D eigenvalue weighted by Crippen LogP contribution is -2.11. The number of carbonyl (C=O) groups is 2. The van der Waals surface area contributed by atoms with E-state index in [1.54, 1.807) is 13.8 Å². The largest absolute Gasteiger partial charge is 0.462 e. The van der Waals surface area contributed by atoms with Crippen LogP contribution in [-0.4, -0.2) is 30.1 Å². The molecule has 1 N–H and O–H groups in total. The number of ether oxygens (including phenoxy) is 2. The van der Waals surface area contributed by atoms with Crippen molar-refractivity contribution in [2.45, 2.75) is 13.8 Å². The summed E-state index contributed by atoms with van der Waals surface area (Å²) in [6, 6.07) is 8.21. The zero-order valence-corrected chi connectivity index (χ0v) is 15.4. The highest BCUT2D eigenvalue weighted by molar-refractivity contribution is 6.31. The molecule has 0 saturated carbocycles. The first-order chi connectivity index (χ1) is 12.9. The van der Waals surface area contributed by atoms with Gasteiger partial charge in [0.1, 0.15) is 0 Å². The maximum Gasteiger partial charge on any atom is 0.340 e. The van der Waals surface area contributed by atoms with Gasteiger partial charge in [0, 0.05) is 17.2 Å². The van der Waals surface area contributed by atoms with E-state index in [0.29, 0.717) is 10.7 Å².